The van der Waals surface area contributed by atoms with Gasteiger partial charge in [-0.25, -0.2) is 0 Å². The number of hydrogen-bond donors (Lipinski definition) is 2. The second-order valence-electron chi connectivity index (χ2n) is 8.02. The Labute approximate surface area is 168 Å². The number of nitrogens with zero attached hydrogens (tertiary/aromatic N) is 2. The van der Waals surface area contributed by atoms with E-state index in [2.05, 4.69) is 26.6 Å². The van der Waals surface area contributed by atoms with Gasteiger partial charge in [-0.3, -0.25) is 9.79 Å². The second kappa shape index (κ2) is 9.80. The van der Waals surface area contributed by atoms with E-state index in [1.54, 1.807) is 0 Å². The van der Waals surface area contributed by atoms with Gasteiger partial charge in [-0.05, 0) is 49.3 Å². The summed E-state index contributed by atoms with van der Waals surface area (Å²) in [6, 6.07) is 7.88. The topological polar surface area (TPSA) is 66.0 Å². The van der Waals surface area contributed by atoms with Crippen LogP contribution in [-0.2, 0) is 11.3 Å². The van der Waals surface area contributed by atoms with Crippen molar-refractivity contribution in [2.45, 2.75) is 52.0 Å². The van der Waals surface area contributed by atoms with Gasteiger partial charge in [0, 0.05) is 33.2 Å². The molecular formula is C22H34N4O2. The standard InChI is InChI=1S/C22H34N4O2/c1-3-24-20(27)16-28-19-9-7-8-18(14-19)15-25-21(23-2)26-13-12-22(17-26)10-5-4-6-11-22/h7-9,14H,3-6,10-13,15-17H2,1-2H3,(H,23,25)(H,24,27). The van der Waals surface area contributed by atoms with Crippen LogP contribution < -0.4 is 15.4 Å². The smallest absolute Gasteiger partial charge is 0.257 e. The van der Waals surface area contributed by atoms with Crippen molar-refractivity contribution < 1.29 is 9.53 Å². The van der Waals surface area contributed by atoms with E-state index < -0.39 is 0 Å². The van der Waals surface area contributed by atoms with Crippen molar-refractivity contribution in [1.29, 1.82) is 0 Å². The van der Waals surface area contributed by atoms with Gasteiger partial charge in [0.25, 0.3) is 5.91 Å². The number of carbonyl (C=O) groups is 1. The molecule has 1 heterocycles. The molecule has 6 nitrogen and oxygen atoms in total. The van der Waals surface area contributed by atoms with Crippen molar-refractivity contribution >= 4 is 11.9 Å². The molecule has 0 aromatic heterocycles. The van der Waals surface area contributed by atoms with E-state index in [9.17, 15) is 4.79 Å². The highest BCUT2D eigenvalue weighted by molar-refractivity contribution is 5.80. The molecule has 1 saturated heterocycles. The molecule has 2 fully saturated rings. The first kappa shape index (κ1) is 20.5. The third-order valence-electron chi connectivity index (χ3n) is 5.96. The van der Waals surface area contributed by atoms with Gasteiger partial charge in [0.2, 0.25) is 0 Å². The zero-order chi connectivity index (χ0) is 19.8. The highest BCUT2D eigenvalue weighted by Gasteiger charge is 2.39. The lowest BCUT2D eigenvalue weighted by atomic mass is 9.73. The quantitative estimate of drug-likeness (QED) is 0.583. The fourth-order valence-electron chi connectivity index (χ4n) is 4.48. The summed E-state index contributed by atoms with van der Waals surface area (Å²) in [6.45, 7) is 5.46. The van der Waals surface area contributed by atoms with E-state index >= 15 is 0 Å². The largest absolute Gasteiger partial charge is 0.484 e. The van der Waals surface area contributed by atoms with E-state index in [-0.39, 0.29) is 12.5 Å². The number of guanidine groups is 1. The van der Waals surface area contributed by atoms with E-state index in [0.29, 0.717) is 24.3 Å². The minimum atomic E-state index is -0.0999. The molecule has 6 heteroatoms. The Bertz CT molecular complexity index is 683. The number of carbonyl (C=O) groups excluding carboxylic acids is 1. The molecule has 0 atom stereocenters. The normalized spacial score (nSPS) is 18.9. The summed E-state index contributed by atoms with van der Waals surface area (Å²) in [7, 11) is 1.86. The Morgan fingerprint density at radius 3 is 2.79 bits per heavy atom. The zero-order valence-corrected chi connectivity index (χ0v) is 17.3. The molecule has 0 bridgehead atoms. The lowest BCUT2D eigenvalue weighted by molar-refractivity contribution is -0.122. The third-order valence-corrected chi connectivity index (χ3v) is 5.96. The molecule has 1 aliphatic carbocycles. The number of likely N-dealkylation sites (N-methyl/N-ethyl adjacent to an activating group) is 1. The van der Waals surface area contributed by atoms with Gasteiger partial charge in [-0.2, -0.15) is 0 Å². The number of aliphatic imine (C=N–C) groups is 1. The van der Waals surface area contributed by atoms with Gasteiger partial charge >= 0.3 is 0 Å². The number of rotatable bonds is 6. The monoisotopic (exact) mass is 386 g/mol. The number of benzene rings is 1. The molecule has 0 unspecified atom stereocenters. The van der Waals surface area contributed by atoms with Gasteiger partial charge in [-0.15, -0.1) is 0 Å². The van der Waals surface area contributed by atoms with Crippen LogP contribution in [0.15, 0.2) is 29.3 Å². The summed E-state index contributed by atoms with van der Waals surface area (Å²) < 4.78 is 5.59. The van der Waals surface area contributed by atoms with Crippen LogP contribution in [0.5, 0.6) is 5.75 Å². The van der Waals surface area contributed by atoms with Crippen LogP contribution >= 0.6 is 0 Å². The Morgan fingerprint density at radius 1 is 1.21 bits per heavy atom. The molecule has 1 amide bonds. The van der Waals surface area contributed by atoms with Gasteiger partial charge in [-0.1, -0.05) is 31.4 Å². The Kier molecular flexibility index (Phi) is 7.18. The Balaban J connectivity index is 1.51. The van der Waals surface area contributed by atoms with E-state index in [4.69, 9.17) is 4.74 Å². The van der Waals surface area contributed by atoms with Crippen LogP contribution in [0.25, 0.3) is 0 Å². The molecule has 1 aromatic carbocycles. The number of likely N-dealkylation sites (tertiary alicyclic amines) is 1. The predicted molar refractivity (Wildman–Crippen MR) is 113 cm³/mol. The van der Waals surface area contributed by atoms with Crippen molar-refractivity contribution in [2.75, 3.05) is 33.3 Å². The van der Waals surface area contributed by atoms with Crippen molar-refractivity contribution in [1.82, 2.24) is 15.5 Å². The summed E-state index contributed by atoms with van der Waals surface area (Å²) in [5.41, 5.74) is 1.63. The average Bonchev–Trinajstić information content (AvgIpc) is 3.11. The SMILES string of the molecule is CCNC(=O)COc1cccc(CNC(=NC)N2CCC3(CCCCC3)C2)c1. The Morgan fingerprint density at radius 2 is 2.04 bits per heavy atom. The van der Waals surface area contributed by atoms with Gasteiger partial charge in [0.1, 0.15) is 5.75 Å². The number of hydrogen-bond acceptors (Lipinski definition) is 3. The fraction of sp³-hybridized carbons (Fsp3) is 0.636. The first-order valence-corrected chi connectivity index (χ1v) is 10.6. The minimum absolute atomic E-state index is 0.0439. The van der Waals surface area contributed by atoms with Crippen LogP contribution in [0.2, 0.25) is 0 Å². The first-order valence-electron chi connectivity index (χ1n) is 10.6. The molecule has 1 aromatic rings. The minimum Gasteiger partial charge on any atom is -0.484 e. The molecule has 3 rings (SSSR count). The van der Waals surface area contributed by atoms with Crippen LogP contribution in [0.4, 0.5) is 0 Å². The molecule has 2 aliphatic rings. The highest BCUT2D eigenvalue weighted by atomic mass is 16.5. The van der Waals surface area contributed by atoms with Crippen molar-refractivity contribution in [3.8, 4) is 5.75 Å². The predicted octanol–water partition coefficient (Wildman–Crippen LogP) is 2.93. The lowest BCUT2D eigenvalue weighted by Crippen LogP contribution is -2.41. The first-order chi connectivity index (χ1) is 13.6. The number of ether oxygens (including phenoxy) is 1. The molecular weight excluding hydrogens is 352 g/mol. The average molecular weight is 387 g/mol. The van der Waals surface area contributed by atoms with Gasteiger partial charge in [0.15, 0.2) is 12.6 Å². The third kappa shape index (κ3) is 5.40. The second-order valence-corrected chi connectivity index (χ2v) is 8.02. The maximum absolute atomic E-state index is 11.6. The number of amides is 1. The molecule has 154 valence electrons. The van der Waals surface area contributed by atoms with Gasteiger partial charge < -0.3 is 20.3 Å². The molecule has 1 aliphatic heterocycles. The van der Waals surface area contributed by atoms with Crippen LogP contribution in [0.3, 0.4) is 0 Å². The fourth-order valence-corrected chi connectivity index (χ4v) is 4.48. The van der Waals surface area contributed by atoms with Crippen LogP contribution in [-0.4, -0.2) is 50.1 Å². The summed E-state index contributed by atoms with van der Waals surface area (Å²) in [4.78, 5) is 18.5. The Hall–Kier alpha value is -2.24. The molecule has 0 radical (unpaired) electrons. The maximum atomic E-state index is 11.6. The highest BCUT2D eigenvalue weighted by Crippen LogP contribution is 2.43. The summed E-state index contributed by atoms with van der Waals surface area (Å²) in [5, 5.41) is 6.24. The van der Waals surface area contributed by atoms with Gasteiger partial charge in [0.05, 0.1) is 0 Å². The number of nitrogens with one attached hydrogen (secondary N) is 2. The zero-order valence-electron chi connectivity index (χ0n) is 17.3. The van der Waals surface area contributed by atoms with Crippen molar-refractivity contribution in [3.05, 3.63) is 29.8 Å². The van der Waals surface area contributed by atoms with E-state index in [1.807, 2.05) is 32.2 Å². The maximum Gasteiger partial charge on any atom is 0.257 e. The van der Waals surface area contributed by atoms with Crippen molar-refractivity contribution in [3.63, 3.8) is 0 Å². The summed E-state index contributed by atoms with van der Waals surface area (Å²) in [6.07, 6.45) is 8.17. The molecule has 1 saturated carbocycles. The van der Waals surface area contributed by atoms with E-state index in [1.165, 1.54) is 38.5 Å². The van der Waals surface area contributed by atoms with Crippen LogP contribution in [0.1, 0.15) is 51.0 Å². The van der Waals surface area contributed by atoms with E-state index in [0.717, 1.165) is 24.6 Å². The van der Waals surface area contributed by atoms with Crippen molar-refractivity contribution in [2.24, 2.45) is 10.4 Å². The van der Waals surface area contributed by atoms with Crippen LogP contribution in [0, 0.1) is 5.41 Å². The summed E-state index contributed by atoms with van der Waals surface area (Å²) in [5.74, 6) is 1.59. The molecule has 2 N–H and O–H groups in total. The lowest BCUT2D eigenvalue weighted by Gasteiger charge is -2.33. The molecule has 1 spiro atoms. The summed E-state index contributed by atoms with van der Waals surface area (Å²) >= 11 is 0. The molecule has 28 heavy (non-hydrogen) atoms.